The van der Waals surface area contributed by atoms with E-state index in [0.717, 1.165) is 19.3 Å². The first-order valence-electron chi connectivity index (χ1n) is 11.2. The Bertz CT molecular complexity index is 1260. The summed E-state index contributed by atoms with van der Waals surface area (Å²) >= 11 is 0. The molecule has 0 spiro atoms. The largest absolute Gasteiger partial charge is 0.436 e. The number of likely N-dealkylation sites (N-methyl/N-ethyl adjacent to an activating group) is 1. The van der Waals surface area contributed by atoms with Crippen LogP contribution in [-0.2, 0) is 25.9 Å². The standard InChI is InChI=1S/C23H29N5O7S/c1-23(20(29)24-32,36(3,33)34)8-9-27-17-19-15-18(16-28(19)21(27)30)7-5-4-6-14-35-22(31)26-12-10-25(2)11-13-26/h15-16,32H,8-14,17H2,1-3H3,(H,24,29). The molecule has 194 valence electrons. The van der Waals surface area contributed by atoms with Gasteiger partial charge in [-0.3, -0.25) is 14.6 Å². The van der Waals surface area contributed by atoms with Crippen LogP contribution in [0.25, 0.3) is 0 Å². The zero-order valence-corrected chi connectivity index (χ0v) is 21.2. The number of piperazine rings is 1. The first-order chi connectivity index (χ1) is 17.0. The molecule has 0 aliphatic carbocycles. The van der Waals surface area contributed by atoms with Crippen molar-refractivity contribution in [3.8, 4) is 23.7 Å². The monoisotopic (exact) mass is 519 g/mol. The van der Waals surface area contributed by atoms with E-state index in [1.807, 2.05) is 7.05 Å². The van der Waals surface area contributed by atoms with E-state index in [9.17, 15) is 22.8 Å². The fourth-order valence-corrected chi connectivity index (χ4v) is 4.61. The molecule has 2 N–H and O–H groups in total. The third kappa shape index (κ3) is 5.99. The van der Waals surface area contributed by atoms with Crippen LogP contribution in [0.5, 0.6) is 0 Å². The Hall–Kier alpha value is -3.52. The van der Waals surface area contributed by atoms with Crippen LogP contribution in [0.4, 0.5) is 9.59 Å². The maximum Gasteiger partial charge on any atom is 0.410 e. The van der Waals surface area contributed by atoms with Crippen molar-refractivity contribution in [2.24, 2.45) is 0 Å². The molecule has 1 aromatic rings. The van der Waals surface area contributed by atoms with Crippen molar-refractivity contribution in [1.29, 1.82) is 0 Å². The van der Waals surface area contributed by atoms with Crippen molar-refractivity contribution < 1.29 is 32.7 Å². The van der Waals surface area contributed by atoms with Gasteiger partial charge in [-0.1, -0.05) is 5.92 Å². The van der Waals surface area contributed by atoms with Gasteiger partial charge in [-0.2, -0.15) is 0 Å². The summed E-state index contributed by atoms with van der Waals surface area (Å²) < 4.78 is 28.9. The summed E-state index contributed by atoms with van der Waals surface area (Å²) in [6.45, 7) is 4.19. The Labute approximate surface area is 210 Å². The van der Waals surface area contributed by atoms with Gasteiger partial charge in [0.1, 0.15) is 0 Å². The van der Waals surface area contributed by atoms with Gasteiger partial charge in [0, 0.05) is 56.4 Å². The number of nitrogens with zero attached hydrogens (tertiary/aromatic N) is 4. The Morgan fingerprint density at radius 1 is 1.22 bits per heavy atom. The molecular formula is C23H29N5O7S. The van der Waals surface area contributed by atoms with E-state index >= 15 is 0 Å². The second kappa shape index (κ2) is 11.0. The zero-order chi connectivity index (χ0) is 26.5. The smallest absolute Gasteiger partial charge is 0.410 e. The van der Waals surface area contributed by atoms with Gasteiger partial charge >= 0.3 is 12.1 Å². The van der Waals surface area contributed by atoms with Crippen molar-refractivity contribution in [3.63, 3.8) is 0 Å². The summed E-state index contributed by atoms with van der Waals surface area (Å²) in [4.78, 5) is 41.8. The SMILES string of the molecule is CN1CCN(C(=O)OCC#CC#Cc2cc3n(c2)C(=O)N(CCC(C)(C(=O)NO)S(C)(=O)=O)C3)CC1. The van der Waals surface area contributed by atoms with Crippen LogP contribution in [0.3, 0.4) is 0 Å². The zero-order valence-electron chi connectivity index (χ0n) is 20.4. The Kier molecular flexibility index (Phi) is 8.30. The number of nitrogens with one attached hydrogen (secondary N) is 1. The van der Waals surface area contributed by atoms with Crippen molar-refractivity contribution >= 4 is 27.9 Å². The van der Waals surface area contributed by atoms with E-state index in [1.165, 1.54) is 21.9 Å². The Balaban J connectivity index is 1.51. The van der Waals surface area contributed by atoms with Gasteiger partial charge in [0.25, 0.3) is 5.91 Å². The molecule has 1 atom stereocenters. The molecule has 1 saturated heterocycles. The number of amides is 3. The number of hydroxylamine groups is 1. The molecule has 2 aliphatic heterocycles. The van der Waals surface area contributed by atoms with Gasteiger partial charge < -0.3 is 19.4 Å². The van der Waals surface area contributed by atoms with Crippen LogP contribution in [0.1, 0.15) is 24.6 Å². The van der Waals surface area contributed by atoms with Crippen molar-refractivity contribution in [2.45, 2.75) is 24.6 Å². The number of hydrogen-bond donors (Lipinski definition) is 2. The number of fused-ring (bicyclic) bond motifs is 1. The summed E-state index contributed by atoms with van der Waals surface area (Å²) in [7, 11) is -1.86. The van der Waals surface area contributed by atoms with Crippen LogP contribution in [-0.4, -0.2) is 108 Å². The van der Waals surface area contributed by atoms with Crippen LogP contribution in [0.2, 0.25) is 0 Å². The van der Waals surface area contributed by atoms with Crippen molar-refractivity contribution in [2.75, 3.05) is 52.6 Å². The van der Waals surface area contributed by atoms with E-state index in [1.54, 1.807) is 17.2 Å². The molecule has 12 nitrogen and oxygen atoms in total. The fourth-order valence-electron chi connectivity index (χ4n) is 3.76. The molecule has 36 heavy (non-hydrogen) atoms. The topological polar surface area (TPSA) is 141 Å². The number of sulfone groups is 1. The highest BCUT2D eigenvalue weighted by molar-refractivity contribution is 7.92. The Morgan fingerprint density at radius 3 is 2.53 bits per heavy atom. The van der Waals surface area contributed by atoms with E-state index in [4.69, 9.17) is 9.94 Å². The predicted octanol–water partition coefficient (Wildman–Crippen LogP) is -0.290. The lowest BCUT2D eigenvalue weighted by molar-refractivity contribution is -0.131. The van der Waals surface area contributed by atoms with Gasteiger partial charge in [0.15, 0.2) is 21.2 Å². The highest BCUT2D eigenvalue weighted by atomic mass is 32.2. The Morgan fingerprint density at radius 2 is 1.92 bits per heavy atom. The van der Waals surface area contributed by atoms with Crippen LogP contribution < -0.4 is 5.48 Å². The highest BCUT2D eigenvalue weighted by Gasteiger charge is 2.44. The number of ether oxygens (including phenoxy) is 1. The molecule has 3 heterocycles. The first kappa shape index (κ1) is 27.1. The first-order valence-corrected chi connectivity index (χ1v) is 13.1. The van der Waals surface area contributed by atoms with Gasteiger partial charge in [0.05, 0.1) is 6.54 Å². The van der Waals surface area contributed by atoms with E-state index < -0.39 is 26.6 Å². The molecule has 1 unspecified atom stereocenters. The normalized spacial score (nSPS) is 17.3. The van der Waals surface area contributed by atoms with Gasteiger partial charge in [-0.25, -0.2) is 23.5 Å². The quantitative estimate of drug-likeness (QED) is 0.297. The van der Waals surface area contributed by atoms with E-state index in [-0.39, 0.29) is 32.1 Å². The van der Waals surface area contributed by atoms with Crippen LogP contribution in [0, 0.1) is 23.7 Å². The minimum Gasteiger partial charge on any atom is -0.436 e. The molecule has 0 radical (unpaired) electrons. The lowest BCUT2D eigenvalue weighted by Gasteiger charge is -2.31. The molecule has 2 aliphatic rings. The maximum atomic E-state index is 12.7. The fraction of sp³-hybridized carbons (Fsp3) is 0.522. The summed E-state index contributed by atoms with van der Waals surface area (Å²) in [5, 5.41) is 8.93. The molecule has 1 aromatic heterocycles. The molecule has 1 fully saturated rings. The minimum atomic E-state index is -3.86. The van der Waals surface area contributed by atoms with Gasteiger partial charge in [0.2, 0.25) is 0 Å². The molecular weight excluding hydrogens is 490 g/mol. The predicted molar refractivity (Wildman–Crippen MR) is 129 cm³/mol. The summed E-state index contributed by atoms with van der Waals surface area (Å²) in [5.41, 5.74) is 2.62. The lowest BCUT2D eigenvalue weighted by Crippen LogP contribution is -2.50. The molecule has 13 heteroatoms. The molecule has 0 saturated carbocycles. The minimum absolute atomic E-state index is 0.00313. The average molecular weight is 520 g/mol. The second-order valence-corrected chi connectivity index (χ2v) is 11.3. The van der Waals surface area contributed by atoms with Crippen LogP contribution in [0.15, 0.2) is 12.3 Å². The third-order valence-electron chi connectivity index (χ3n) is 6.38. The van der Waals surface area contributed by atoms with Crippen molar-refractivity contribution in [3.05, 3.63) is 23.5 Å². The molecule has 3 amide bonds. The van der Waals surface area contributed by atoms with E-state index in [2.05, 4.69) is 28.6 Å². The highest BCUT2D eigenvalue weighted by Crippen LogP contribution is 2.25. The van der Waals surface area contributed by atoms with E-state index in [0.29, 0.717) is 24.3 Å². The van der Waals surface area contributed by atoms with Gasteiger partial charge in [-0.15, -0.1) is 0 Å². The number of hydrogen-bond acceptors (Lipinski definition) is 8. The number of carbonyl (C=O) groups is 3. The lowest BCUT2D eigenvalue weighted by atomic mass is 10.1. The molecule has 0 bridgehead atoms. The third-order valence-corrected chi connectivity index (χ3v) is 8.40. The average Bonchev–Trinajstić information content (AvgIpc) is 3.36. The summed E-state index contributed by atoms with van der Waals surface area (Å²) in [6, 6.07) is 1.34. The molecule has 0 aromatic carbocycles. The molecule has 3 rings (SSSR count). The van der Waals surface area contributed by atoms with Crippen molar-refractivity contribution in [1.82, 2.24) is 24.7 Å². The number of rotatable bonds is 6. The van der Waals surface area contributed by atoms with Crippen LogP contribution >= 0.6 is 0 Å². The maximum absolute atomic E-state index is 12.7. The number of aromatic nitrogens is 1. The summed E-state index contributed by atoms with van der Waals surface area (Å²) in [5.74, 6) is 9.73. The van der Waals surface area contributed by atoms with Gasteiger partial charge in [-0.05, 0) is 44.2 Å². The second-order valence-electron chi connectivity index (χ2n) is 8.88. The summed E-state index contributed by atoms with van der Waals surface area (Å²) in [6.07, 6.45) is 1.88. The number of carbonyl (C=O) groups excluding carboxylic acids is 3.